The van der Waals surface area contributed by atoms with Crippen molar-refractivity contribution in [3.8, 4) is 17.1 Å². The zero-order valence-corrected chi connectivity index (χ0v) is 15.3. The van der Waals surface area contributed by atoms with E-state index in [9.17, 15) is 9.59 Å². The Morgan fingerprint density at radius 1 is 1.19 bits per heavy atom. The molecule has 0 radical (unpaired) electrons. The van der Waals surface area contributed by atoms with Gasteiger partial charge in [0.25, 0.3) is 5.56 Å². The lowest BCUT2D eigenvalue weighted by Crippen LogP contribution is -2.32. The number of carbonyl (C=O) groups is 1. The molecule has 1 fully saturated rings. The van der Waals surface area contributed by atoms with Gasteiger partial charge in [0.2, 0.25) is 0 Å². The van der Waals surface area contributed by atoms with E-state index in [1.165, 1.54) is 0 Å². The Hall–Kier alpha value is -3.29. The predicted molar refractivity (Wildman–Crippen MR) is 102 cm³/mol. The molecule has 1 saturated heterocycles. The summed E-state index contributed by atoms with van der Waals surface area (Å²) in [5.41, 5.74) is 1.04. The molecule has 2 amide bonds. The topological polar surface area (TPSA) is 83.5 Å². The fourth-order valence-electron chi connectivity index (χ4n) is 3.35. The standard InChI is InChI=1S/C19H21N5O3/c1-22-7-8-24(19(22)26)10-9-23-6-5-20-17(23)15-12-13-11-14(27-2)3-4-16(13)21-18(15)25/h3-6,11-12H,7-10H2,1-2H3,(H,21,25). The Morgan fingerprint density at radius 2 is 2.04 bits per heavy atom. The molecule has 27 heavy (non-hydrogen) atoms. The number of amides is 2. The SMILES string of the molecule is COc1ccc2[nH]c(=O)c(-c3nccn3CCN3CCN(C)C3=O)cc2c1. The summed E-state index contributed by atoms with van der Waals surface area (Å²) in [7, 11) is 3.41. The number of carbonyl (C=O) groups excluding carboxylic acids is 1. The number of H-pyrrole nitrogens is 1. The smallest absolute Gasteiger partial charge is 0.319 e. The van der Waals surface area contributed by atoms with E-state index in [2.05, 4.69) is 9.97 Å². The lowest BCUT2D eigenvalue weighted by molar-refractivity contribution is 0.197. The second-order valence-corrected chi connectivity index (χ2v) is 6.60. The van der Waals surface area contributed by atoms with Crippen LogP contribution in [0.15, 0.2) is 41.5 Å². The predicted octanol–water partition coefficient (Wildman–Crippen LogP) is 1.77. The Kier molecular flexibility index (Phi) is 4.31. The second kappa shape index (κ2) is 6.79. The normalized spacial score (nSPS) is 14.4. The highest BCUT2D eigenvalue weighted by atomic mass is 16.5. The number of nitrogens with one attached hydrogen (secondary N) is 1. The zero-order valence-electron chi connectivity index (χ0n) is 15.3. The number of rotatable bonds is 5. The Bertz CT molecular complexity index is 1050. The van der Waals surface area contributed by atoms with Gasteiger partial charge in [0.1, 0.15) is 11.6 Å². The Balaban J connectivity index is 1.64. The summed E-state index contributed by atoms with van der Waals surface area (Å²) in [5, 5.41) is 0.870. The molecule has 1 N–H and O–H groups in total. The van der Waals surface area contributed by atoms with Crippen molar-refractivity contribution < 1.29 is 9.53 Å². The van der Waals surface area contributed by atoms with Crippen LogP contribution in [0.2, 0.25) is 0 Å². The molecule has 2 aromatic heterocycles. The van der Waals surface area contributed by atoms with Crippen molar-refractivity contribution >= 4 is 16.9 Å². The minimum atomic E-state index is -0.197. The number of nitrogens with zero attached hydrogens (tertiary/aromatic N) is 4. The molecule has 3 heterocycles. The number of aromatic amines is 1. The minimum Gasteiger partial charge on any atom is -0.497 e. The maximum absolute atomic E-state index is 12.6. The summed E-state index contributed by atoms with van der Waals surface area (Å²) in [5.74, 6) is 1.31. The van der Waals surface area contributed by atoms with E-state index in [0.29, 0.717) is 24.5 Å². The van der Waals surface area contributed by atoms with Crippen LogP contribution in [0.4, 0.5) is 4.79 Å². The van der Waals surface area contributed by atoms with Crippen LogP contribution in [0.25, 0.3) is 22.3 Å². The third-order valence-electron chi connectivity index (χ3n) is 4.92. The number of pyridine rings is 1. The summed E-state index contributed by atoms with van der Waals surface area (Å²) in [6, 6.07) is 7.36. The average molecular weight is 367 g/mol. The van der Waals surface area contributed by atoms with E-state index in [1.807, 2.05) is 35.0 Å². The number of likely N-dealkylation sites (N-methyl/N-ethyl adjacent to an activating group) is 1. The fourth-order valence-corrected chi connectivity index (χ4v) is 3.35. The van der Waals surface area contributed by atoms with Crippen LogP contribution >= 0.6 is 0 Å². The maximum Gasteiger partial charge on any atom is 0.319 e. The van der Waals surface area contributed by atoms with Crippen LogP contribution in [0.1, 0.15) is 0 Å². The second-order valence-electron chi connectivity index (χ2n) is 6.60. The van der Waals surface area contributed by atoms with E-state index in [-0.39, 0.29) is 11.6 Å². The van der Waals surface area contributed by atoms with E-state index in [4.69, 9.17) is 4.74 Å². The molecule has 0 saturated carbocycles. The monoisotopic (exact) mass is 367 g/mol. The van der Waals surface area contributed by atoms with Gasteiger partial charge >= 0.3 is 6.03 Å². The molecule has 8 nitrogen and oxygen atoms in total. The van der Waals surface area contributed by atoms with Gasteiger partial charge in [-0.25, -0.2) is 9.78 Å². The maximum atomic E-state index is 12.6. The summed E-state index contributed by atoms with van der Waals surface area (Å²) < 4.78 is 7.17. The molecule has 0 unspecified atom stereocenters. The number of aromatic nitrogens is 3. The third kappa shape index (κ3) is 3.14. The highest BCUT2D eigenvalue weighted by Gasteiger charge is 2.25. The molecule has 1 aliphatic rings. The van der Waals surface area contributed by atoms with Crippen molar-refractivity contribution in [2.45, 2.75) is 6.54 Å². The summed E-state index contributed by atoms with van der Waals surface area (Å²) in [6.45, 7) is 2.61. The van der Waals surface area contributed by atoms with Crippen LogP contribution in [0.5, 0.6) is 5.75 Å². The largest absolute Gasteiger partial charge is 0.497 e. The van der Waals surface area contributed by atoms with Crippen molar-refractivity contribution in [3.63, 3.8) is 0 Å². The van der Waals surface area contributed by atoms with Gasteiger partial charge < -0.3 is 24.1 Å². The van der Waals surface area contributed by atoms with Crippen molar-refractivity contribution in [1.29, 1.82) is 0 Å². The molecule has 0 atom stereocenters. The van der Waals surface area contributed by atoms with Crippen LogP contribution < -0.4 is 10.3 Å². The van der Waals surface area contributed by atoms with Crippen LogP contribution in [-0.4, -0.2) is 64.2 Å². The first-order chi connectivity index (χ1) is 13.1. The van der Waals surface area contributed by atoms with Crippen LogP contribution in [0.3, 0.4) is 0 Å². The van der Waals surface area contributed by atoms with Gasteiger partial charge in [-0.3, -0.25) is 4.79 Å². The summed E-state index contributed by atoms with van der Waals surface area (Å²) >= 11 is 0. The van der Waals surface area contributed by atoms with E-state index in [0.717, 1.165) is 29.7 Å². The van der Waals surface area contributed by atoms with E-state index in [1.54, 1.807) is 30.2 Å². The van der Waals surface area contributed by atoms with Crippen molar-refractivity contribution in [2.24, 2.45) is 0 Å². The quantitative estimate of drug-likeness (QED) is 0.745. The molecular weight excluding hydrogens is 346 g/mol. The first-order valence-corrected chi connectivity index (χ1v) is 8.79. The first-order valence-electron chi connectivity index (χ1n) is 8.79. The fraction of sp³-hybridized carbons (Fsp3) is 0.316. The Labute approximate surface area is 156 Å². The lowest BCUT2D eigenvalue weighted by Gasteiger charge is -2.17. The number of fused-ring (bicyclic) bond motifs is 1. The first kappa shape index (κ1) is 17.1. The van der Waals surface area contributed by atoms with Gasteiger partial charge in [0.15, 0.2) is 0 Å². The number of methoxy groups -OCH3 is 1. The minimum absolute atomic E-state index is 0.0345. The number of urea groups is 1. The number of imidazole rings is 1. The van der Waals surface area contributed by atoms with Gasteiger partial charge in [-0.05, 0) is 24.3 Å². The molecule has 140 valence electrons. The van der Waals surface area contributed by atoms with Crippen molar-refractivity contribution in [3.05, 3.63) is 47.0 Å². The van der Waals surface area contributed by atoms with E-state index < -0.39 is 0 Å². The highest BCUT2D eigenvalue weighted by molar-refractivity contribution is 5.83. The molecule has 1 aromatic carbocycles. The van der Waals surface area contributed by atoms with Gasteiger partial charge in [0.05, 0.1) is 12.7 Å². The highest BCUT2D eigenvalue weighted by Crippen LogP contribution is 2.22. The molecule has 0 bridgehead atoms. The van der Waals surface area contributed by atoms with Gasteiger partial charge in [-0.1, -0.05) is 0 Å². The molecule has 4 rings (SSSR count). The number of hydrogen-bond acceptors (Lipinski definition) is 4. The van der Waals surface area contributed by atoms with Gasteiger partial charge in [-0.2, -0.15) is 0 Å². The molecule has 0 spiro atoms. The average Bonchev–Trinajstić information content (AvgIpc) is 3.26. The molecule has 8 heteroatoms. The molecule has 3 aromatic rings. The number of ether oxygens (including phenoxy) is 1. The molecule has 1 aliphatic heterocycles. The van der Waals surface area contributed by atoms with Gasteiger partial charge in [-0.15, -0.1) is 0 Å². The summed E-state index contributed by atoms with van der Waals surface area (Å²) in [4.78, 5) is 35.4. The third-order valence-corrected chi connectivity index (χ3v) is 4.92. The molecular formula is C19H21N5O3. The lowest BCUT2D eigenvalue weighted by atomic mass is 10.1. The number of hydrogen-bond donors (Lipinski definition) is 1. The van der Waals surface area contributed by atoms with Gasteiger partial charge in [0, 0.05) is 56.5 Å². The summed E-state index contributed by atoms with van der Waals surface area (Å²) in [6.07, 6.45) is 3.50. The molecule has 0 aliphatic carbocycles. The zero-order chi connectivity index (χ0) is 19.0. The van der Waals surface area contributed by atoms with Crippen molar-refractivity contribution in [1.82, 2.24) is 24.3 Å². The van der Waals surface area contributed by atoms with E-state index >= 15 is 0 Å². The number of benzene rings is 1. The Morgan fingerprint density at radius 3 is 2.78 bits per heavy atom. The van der Waals surface area contributed by atoms with Crippen molar-refractivity contribution in [2.75, 3.05) is 33.8 Å². The van der Waals surface area contributed by atoms with Crippen LogP contribution in [-0.2, 0) is 6.54 Å². The van der Waals surface area contributed by atoms with Crippen LogP contribution in [0, 0.1) is 0 Å².